The lowest BCUT2D eigenvalue weighted by molar-refractivity contribution is 0.353. The number of nitrogens with one attached hydrogen (secondary N) is 1. The van der Waals surface area contributed by atoms with E-state index in [1.54, 1.807) is 0 Å². The molecule has 0 radical (unpaired) electrons. The van der Waals surface area contributed by atoms with E-state index < -0.39 is 0 Å². The summed E-state index contributed by atoms with van der Waals surface area (Å²) in [6, 6.07) is 7.17. The zero-order valence-corrected chi connectivity index (χ0v) is 10.3. The molecule has 1 aliphatic rings. The summed E-state index contributed by atoms with van der Waals surface area (Å²) >= 11 is 0. The SMILES string of the molecule is Cc1ccc(C(N)C2CCCCN2)cc1C. The first-order valence-electron chi connectivity index (χ1n) is 6.24. The summed E-state index contributed by atoms with van der Waals surface area (Å²) in [5.74, 6) is 0. The normalized spacial score (nSPS) is 23.1. The van der Waals surface area contributed by atoms with Gasteiger partial charge in [-0.3, -0.25) is 0 Å². The molecule has 0 amide bonds. The average Bonchev–Trinajstić information content (AvgIpc) is 2.33. The lowest BCUT2D eigenvalue weighted by Crippen LogP contribution is -2.42. The molecule has 1 aromatic carbocycles. The van der Waals surface area contributed by atoms with Crippen LogP contribution in [0.1, 0.15) is 42.0 Å². The van der Waals surface area contributed by atoms with Gasteiger partial charge in [-0.25, -0.2) is 0 Å². The van der Waals surface area contributed by atoms with Gasteiger partial charge in [0, 0.05) is 12.1 Å². The van der Waals surface area contributed by atoms with Gasteiger partial charge in [0.15, 0.2) is 0 Å². The lowest BCUT2D eigenvalue weighted by Gasteiger charge is -2.29. The van der Waals surface area contributed by atoms with Crippen LogP contribution in [0.3, 0.4) is 0 Å². The molecule has 2 unspecified atom stereocenters. The molecule has 2 nitrogen and oxygen atoms in total. The Hall–Kier alpha value is -0.860. The maximum atomic E-state index is 6.33. The first kappa shape index (κ1) is 11.6. The van der Waals surface area contributed by atoms with Gasteiger partial charge in [0.25, 0.3) is 0 Å². The number of hydrogen-bond donors (Lipinski definition) is 2. The quantitative estimate of drug-likeness (QED) is 0.800. The van der Waals surface area contributed by atoms with Gasteiger partial charge in [-0.05, 0) is 49.9 Å². The fraction of sp³-hybridized carbons (Fsp3) is 0.571. The van der Waals surface area contributed by atoms with E-state index >= 15 is 0 Å². The van der Waals surface area contributed by atoms with Crippen molar-refractivity contribution in [1.29, 1.82) is 0 Å². The average molecular weight is 218 g/mol. The lowest BCUT2D eigenvalue weighted by atomic mass is 9.92. The van der Waals surface area contributed by atoms with Gasteiger partial charge in [-0.15, -0.1) is 0 Å². The van der Waals surface area contributed by atoms with Crippen LogP contribution in [0.25, 0.3) is 0 Å². The van der Waals surface area contributed by atoms with Crippen molar-refractivity contribution in [2.24, 2.45) is 5.73 Å². The van der Waals surface area contributed by atoms with Crippen molar-refractivity contribution in [3.05, 3.63) is 34.9 Å². The monoisotopic (exact) mass is 218 g/mol. The molecule has 1 fully saturated rings. The van der Waals surface area contributed by atoms with Crippen molar-refractivity contribution < 1.29 is 0 Å². The van der Waals surface area contributed by atoms with Crippen LogP contribution in [0.15, 0.2) is 18.2 Å². The summed E-state index contributed by atoms with van der Waals surface area (Å²) in [4.78, 5) is 0. The van der Waals surface area contributed by atoms with E-state index in [2.05, 4.69) is 37.4 Å². The van der Waals surface area contributed by atoms with E-state index in [1.165, 1.54) is 36.0 Å². The molecule has 3 N–H and O–H groups in total. The van der Waals surface area contributed by atoms with E-state index in [0.717, 1.165) is 6.54 Å². The van der Waals surface area contributed by atoms with Crippen molar-refractivity contribution in [2.75, 3.05) is 6.54 Å². The first-order chi connectivity index (χ1) is 7.68. The second-order valence-corrected chi connectivity index (χ2v) is 4.93. The Morgan fingerprint density at radius 2 is 2.06 bits per heavy atom. The van der Waals surface area contributed by atoms with Crippen LogP contribution < -0.4 is 11.1 Å². The predicted octanol–water partition coefficient (Wildman–Crippen LogP) is 2.45. The summed E-state index contributed by atoms with van der Waals surface area (Å²) in [6.45, 7) is 5.41. The van der Waals surface area contributed by atoms with Crippen LogP contribution in [-0.2, 0) is 0 Å². The summed E-state index contributed by atoms with van der Waals surface area (Å²) in [7, 11) is 0. The number of nitrogens with two attached hydrogens (primary N) is 1. The molecule has 0 spiro atoms. The smallest absolute Gasteiger partial charge is 0.0450 e. The maximum absolute atomic E-state index is 6.33. The van der Waals surface area contributed by atoms with E-state index in [-0.39, 0.29) is 6.04 Å². The van der Waals surface area contributed by atoms with Gasteiger partial charge in [0.2, 0.25) is 0 Å². The third-order valence-electron chi connectivity index (χ3n) is 3.70. The number of benzene rings is 1. The molecule has 2 rings (SSSR count). The molecule has 2 atom stereocenters. The second kappa shape index (κ2) is 4.98. The van der Waals surface area contributed by atoms with E-state index in [1.807, 2.05) is 0 Å². The van der Waals surface area contributed by atoms with Gasteiger partial charge in [-0.2, -0.15) is 0 Å². The van der Waals surface area contributed by atoms with Crippen LogP contribution in [0, 0.1) is 13.8 Å². The van der Waals surface area contributed by atoms with Gasteiger partial charge >= 0.3 is 0 Å². The Bertz CT molecular complexity index is 354. The minimum atomic E-state index is 0.139. The van der Waals surface area contributed by atoms with Crippen molar-refractivity contribution >= 4 is 0 Å². The molecular weight excluding hydrogens is 196 g/mol. The highest BCUT2D eigenvalue weighted by Crippen LogP contribution is 2.22. The number of piperidine rings is 1. The molecule has 16 heavy (non-hydrogen) atoms. The molecule has 88 valence electrons. The molecule has 1 heterocycles. The standard InChI is InChI=1S/C14H22N2/c1-10-6-7-12(9-11(10)2)14(15)13-5-3-4-8-16-13/h6-7,9,13-14,16H,3-5,8,15H2,1-2H3. The minimum absolute atomic E-state index is 0.139. The molecule has 0 bridgehead atoms. The Kier molecular flexibility index (Phi) is 3.62. The van der Waals surface area contributed by atoms with Gasteiger partial charge in [-0.1, -0.05) is 24.6 Å². The van der Waals surface area contributed by atoms with E-state index in [4.69, 9.17) is 5.73 Å². The van der Waals surface area contributed by atoms with Crippen LogP contribution in [0.2, 0.25) is 0 Å². The summed E-state index contributed by atoms with van der Waals surface area (Å²) < 4.78 is 0. The molecule has 1 aromatic rings. The molecule has 2 heteroatoms. The largest absolute Gasteiger partial charge is 0.323 e. The molecule has 1 aliphatic heterocycles. The molecule has 0 aromatic heterocycles. The molecule has 1 saturated heterocycles. The third kappa shape index (κ3) is 2.45. The Morgan fingerprint density at radius 3 is 2.69 bits per heavy atom. The van der Waals surface area contributed by atoms with Crippen molar-refractivity contribution in [3.8, 4) is 0 Å². The molecule has 0 saturated carbocycles. The Labute approximate surface area is 98.2 Å². The fourth-order valence-corrected chi connectivity index (χ4v) is 2.39. The van der Waals surface area contributed by atoms with Crippen LogP contribution in [0.5, 0.6) is 0 Å². The zero-order valence-electron chi connectivity index (χ0n) is 10.3. The minimum Gasteiger partial charge on any atom is -0.323 e. The third-order valence-corrected chi connectivity index (χ3v) is 3.70. The summed E-state index contributed by atoms with van der Waals surface area (Å²) in [5.41, 5.74) is 10.3. The van der Waals surface area contributed by atoms with Crippen LogP contribution >= 0.6 is 0 Å². The fourth-order valence-electron chi connectivity index (χ4n) is 2.39. The highest BCUT2D eigenvalue weighted by atomic mass is 15.0. The highest BCUT2D eigenvalue weighted by molar-refractivity contribution is 5.32. The summed E-state index contributed by atoms with van der Waals surface area (Å²) in [6.07, 6.45) is 3.79. The Morgan fingerprint density at radius 1 is 1.25 bits per heavy atom. The van der Waals surface area contributed by atoms with Crippen LogP contribution in [0.4, 0.5) is 0 Å². The van der Waals surface area contributed by atoms with E-state index in [0.29, 0.717) is 6.04 Å². The van der Waals surface area contributed by atoms with Gasteiger partial charge < -0.3 is 11.1 Å². The van der Waals surface area contributed by atoms with Gasteiger partial charge in [0.05, 0.1) is 0 Å². The second-order valence-electron chi connectivity index (χ2n) is 4.93. The Balaban J connectivity index is 2.12. The molecular formula is C14H22N2. The topological polar surface area (TPSA) is 38.0 Å². The first-order valence-corrected chi connectivity index (χ1v) is 6.24. The van der Waals surface area contributed by atoms with Crippen LogP contribution in [-0.4, -0.2) is 12.6 Å². The highest BCUT2D eigenvalue weighted by Gasteiger charge is 2.21. The van der Waals surface area contributed by atoms with Crippen molar-refractivity contribution in [1.82, 2.24) is 5.32 Å². The molecule has 0 aliphatic carbocycles. The van der Waals surface area contributed by atoms with Crippen molar-refractivity contribution in [3.63, 3.8) is 0 Å². The number of rotatable bonds is 2. The van der Waals surface area contributed by atoms with E-state index in [9.17, 15) is 0 Å². The summed E-state index contributed by atoms with van der Waals surface area (Å²) in [5, 5.41) is 3.53. The number of aryl methyl sites for hydroxylation is 2. The van der Waals surface area contributed by atoms with Crippen molar-refractivity contribution in [2.45, 2.75) is 45.2 Å². The number of hydrogen-bond acceptors (Lipinski definition) is 2. The zero-order chi connectivity index (χ0) is 11.5. The van der Waals surface area contributed by atoms with Gasteiger partial charge in [0.1, 0.15) is 0 Å². The maximum Gasteiger partial charge on any atom is 0.0450 e. The predicted molar refractivity (Wildman–Crippen MR) is 68.5 cm³/mol.